The second-order valence-electron chi connectivity index (χ2n) is 7.55. The van der Waals surface area contributed by atoms with Crippen molar-refractivity contribution in [2.75, 3.05) is 25.0 Å². The molecule has 0 aliphatic carbocycles. The summed E-state index contributed by atoms with van der Waals surface area (Å²) in [7, 11) is 1.44. The van der Waals surface area contributed by atoms with Crippen LogP contribution in [0.2, 0.25) is 0 Å². The van der Waals surface area contributed by atoms with Crippen molar-refractivity contribution in [2.24, 2.45) is 11.8 Å². The number of anilines is 1. The molecule has 2 amide bonds. The summed E-state index contributed by atoms with van der Waals surface area (Å²) in [4.78, 5) is 27.1. The summed E-state index contributed by atoms with van der Waals surface area (Å²) in [5, 5.41) is 9.59. The van der Waals surface area contributed by atoms with E-state index in [-0.39, 0.29) is 31.1 Å². The molecule has 1 heterocycles. The molecule has 28 heavy (non-hydrogen) atoms. The minimum Gasteiger partial charge on any atom is -0.373 e. The highest BCUT2D eigenvalue weighted by Crippen LogP contribution is 2.34. The predicted octanol–water partition coefficient (Wildman–Crippen LogP) is 2.89. The second-order valence-corrected chi connectivity index (χ2v) is 7.55. The number of amides is 2. The first kappa shape index (κ1) is 22.1. The quantitative estimate of drug-likeness (QED) is 0.789. The summed E-state index contributed by atoms with van der Waals surface area (Å²) < 4.78 is 52.9. The van der Waals surface area contributed by atoms with E-state index < -0.39 is 35.3 Å². The van der Waals surface area contributed by atoms with Gasteiger partial charge in [-0.25, -0.2) is 4.39 Å². The van der Waals surface area contributed by atoms with Crippen LogP contribution in [-0.4, -0.2) is 53.7 Å². The topological polar surface area (TPSA) is 60.9 Å². The van der Waals surface area contributed by atoms with Gasteiger partial charge in [0.25, 0.3) is 5.91 Å². The zero-order chi connectivity index (χ0) is 21.4. The maximum Gasteiger partial charge on any atom is 0.426 e. The van der Waals surface area contributed by atoms with Crippen molar-refractivity contribution in [2.45, 2.75) is 39.0 Å². The van der Waals surface area contributed by atoms with E-state index in [1.165, 1.54) is 24.1 Å². The number of nitrogens with zero attached hydrogens (tertiary/aromatic N) is 2. The first-order chi connectivity index (χ1) is 12.8. The van der Waals surface area contributed by atoms with E-state index in [0.717, 1.165) is 4.90 Å². The number of hydrogen-bond acceptors (Lipinski definition) is 3. The summed E-state index contributed by atoms with van der Waals surface area (Å²) >= 11 is 0. The molecule has 3 unspecified atom stereocenters. The molecule has 1 fully saturated rings. The lowest BCUT2D eigenvalue weighted by Crippen LogP contribution is -2.59. The normalized spacial score (nSPS) is 22.5. The Morgan fingerprint density at radius 3 is 2.39 bits per heavy atom. The Balaban J connectivity index is 2.11. The number of alkyl halides is 3. The highest BCUT2D eigenvalue weighted by Gasteiger charge is 2.57. The van der Waals surface area contributed by atoms with Crippen LogP contribution in [-0.2, 0) is 9.59 Å². The molecular formula is C19H24F4N2O3. The zero-order valence-electron chi connectivity index (χ0n) is 16.2. The number of likely N-dealkylation sites (tertiary alicyclic amines) is 1. The molecule has 0 radical (unpaired) electrons. The van der Waals surface area contributed by atoms with Gasteiger partial charge in [-0.1, -0.05) is 13.0 Å². The van der Waals surface area contributed by atoms with E-state index in [4.69, 9.17) is 0 Å². The molecule has 5 nitrogen and oxygen atoms in total. The molecule has 0 bridgehead atoms. The molecule has 3 atom stereocenters. The Kier molecular flexibility index (Phi) is 6.08. The van der Waals surface area contributed by atoms with Crippen molar-refractivity contribution in [3.8, 4) is 0 Å². The van der Waals surface area contributed by atoms with Crippen LogP contribution in [0, 0.1) is 24.6 Å². The SMILES string of the molecule is Cc1ccc(N(C)C(=O)C2CCN(C(=O)C(C)(O)C(F)(F)F)CC2C)c(F)c1. The Hall–Kier alpha value is -2.16. The van der Waals surface area contributed by atoms with Crippen molar-refractivity contribution in [3.05, 3.63) is 29.6 Å². The number of carbonyl (C=O) groups is 2. The second kappa shape index (κ2) is 7.69. The van der Waals surface area contributed by atoms with Crippen molar-refractivity contribution < 1.29 is 32.3 Å². The Morgan fingerprint density at radius 1 is 1.29 bits per heavy atom. The molecular weight excluding hydrogens is 380 g/mol. The van der Waals surface area contributed by atoms with Crippen LogP contribution in [0.4, 0.5) is 23.2 Å². The fourth-order valence-corrected chi connectivity index (χ4v) is 3.38. The highest BCUT2D eigenvalue weighted by molar-refractivity contribution is 5.95. The lowest BCUT2D eigenvalue weighted by molar-refractivity contribution is -0.251. The molecule has 1 aliphatic rings. The number of halogens is 4. The summed E-state index contributed by atoms with van der Waals surface area (Å²) in [6.07, 6.45) is -4.97. The molecule has 1 saturated heterocycles. The summed E-state index contributed by atoms with van der Waals surface area (Å²) in [6.45, 7) is 3.58. The molecule has 0 spiro atoms. The molecule has 9 heteroatoms. The van der Waals surface area contributed by atoms with Gasteiger partial charge in [0.1, 0.15) is 5.82 Å². The minimum absolute atomic E-state index is 0.101. The van der Waals surface area contributed by atoms with E-state index in [9.17, 15) is 32.3 Å². The molecule has 0 saturated carbocycles. The average Bonchev–Trinajstić information content (AvgIpc) is 2.58. The number of piperidine rings is 1. The molecule has 1 aromatic rings. The van der Waals surface area contributed by atoms with Crippen molar-refractivity contribution in [3.63, 3.8) is 0 Å². The third-order valence-corrected chi connectivity index (χ3v) is 5.27. The minimum atomic E-state index is -5.09. The van der Waals surface area contributed by atoms with Crippen LogP contribution in [0.15, 0.2) is 18.2 Å². The summed E-state index contributed by atoms with van der Waals surface area (Å²) in [5.74, 6) is -3.38. The number of carbonyl (C=O) groups excluding carboxylic acids is 2. The van der Waals surface area contributed by atoms with Crippen molar-refractivity contribution in [1.29, 1.82) is 0 Å². The molecule has 156 valence electrons. The molecule has 1 aromatic carbocycles. The maximum atomic E-state index is 14.2. The predicted molar refractivity (Wildman–Crippen MR) is 95.1 cm³/mol. The molecule has 1 N–H and O–H groups in total. The van der Waals surface area contributed by atoms with Crippen molar-refractivity contribution >= 4 is 17.5 Å². The Bertz CT molecular complexity index is 764. The first-order valence-corrected chi connectivity index (χ1v) is 8.89. The van der Waals surface area contributed by atoms with Gasteiger partial charge in [-0.05, 0) is 43.9 Å². The average molecular weight is 404 g/mol. The van der Waals surface area contributed by atoms with Crippen LogP contribution < -0.4 is 4.90 Å². The third kappa shape index (κ3) is 4.14. The maximum absolute atomic E-state index is 14.2. The van der Waals surface area contributed by atoms with Gasteiger partial charge >= 0.3 is 6.18 Å². The van der Waals surface area contributed by atoms with Crippen LogP contribution >= 0.6 is 0 Å². The van der Waals surface area contributed by atoms with Crippen LogP contribution in [0.1, 0.15) is 25.8 Å². The monoisotopic (exact) mass is 404 g/mol. The zero-order valence-corrected chi connectivity index (χ0v) is 16.2. The van der Waals surface area contributed by atoms with Gasteiger partial charge < -0.3 is 14.9 Å². The van der Waals surface area contributed by atoms with Crippen LogP contribution in [0.25, 0.3) is 0 Å². The highest BCUT2D eigenvalue weighted by atomic mass is 19.4. The van der Waals surface area contributed by atoms with Gasteiger partial charge in [-0.15, -0.1) is 0 Å². The number of rotatable bonds is 3. The summed E-state index contributed by atoms with van der Waals surface area (Å²) in [6, 6.07) is 4.47. The fourth-order valence-electron chi connectivity index (χ4n) is 3.38. The lowest BCUT2D eigenvalue weighted by atomic mass is 9.85. The fraction of sp³-hybridized carbons (Fsp3) is 0.579. The standard InChI is InChI=1S/C19H24F4N2O3/c1-11-5-6-15(14(20)9-11)24(4)16(26)13-7-8-25(10-12(13)2)17(27)18(3,28)19(21,22)23/h5-6,9,12-13,28H,7-8,10H2,1-4H3. The van der Waals surface area contributed by atoms with E-state index in [2.05, 4.69) is 0 Å². The largest absolute Gasteiger partial charge is 0.426 e. The summed E-state index contributed by atoms with van der Waals surface area (Å²) in [5.41, 5.74) is -2.66. The van der Waals surface area contributed by atoms with Crippen LogP contribution in [0.5, 0.6) is 0 Å². The van der Waals surface area contributed by atoms with Crippen molar-refractivity contribution in [1.82, 2.24) is 4.90 Å². The van der Waals surface area contributed by atoms with E-state index in [0.29, 0.717) is 12.5 Å². The van der Waals surface area contributed by atoms with E-state index in [1.807, 2.05) is 0 Å². The van der Waals surface area contributed by atoms with Crippen LogP contribution in [0.3, 0.4) is 0 Å². The van der Waals surface area contributed by atoms with Gasteiger partial charge in [0.05, 0.1) is 5.69 Å². The number of aliphatic hydroxyl groups is 1. The smallest absolute Gasteiger partial charge is 0.373 e. The Labute approximate surface area is 160 Å². The van der Waals surface area contributed by atoms with Gasteiger partial charge in [-0.3, -0.25) is 9.59 Å². The van der Waals surface area contributed by atoms with Gasteiger partial charge in [-0.2, -0.15) is 13.2 Å². The molecule has 0 aromatic heterocycles. The number of benzene rings is 1. The van der Waals surface area contributed by atoms with Gasteiger partial charge in [0.15, 0.2) is 0 Å². The van der Waals surface area contributed by atoms with Gasteiger partial charge in [0, 0.05) is 26.1 Å². The Morgan fingerprint density at radius 2 is 1.89 bits per heavy atom. The molecule has 2 rings (SSSR count). The van der Waals surface area contributed by atoms with E-state index in [1.54, 1.807) is 19.9 Å². The third-order valence-electron chi connectivity index (χ3n) is 5.27. The number of hydrogen-bond donors (Lipinski definition) is 1. The van der Waals surface area contributed by atoms with E-state index >= 15 is 0 Å². The molecule has 1 aliphatic heterocycles. The van der Waals surface area contributed by atoms with Gasteiger partial charge in [0.2, 0.25) is 11.5 Å². The first-order valence-electron chi connectivity index (χ1n) is 8.89. The number of aryl methyl sites for hydroxylation is 1. The lowest BCUT2D eigenvalue weighted by Gasteiger charge is -2.40.